The van der Waals surface area contributed by atoms with Gasteiger partial charge in [0.15, 0.2) is 9.84 Å². The van der Waals surface area contributed by atoms with Crippen LogP contribution in [0.5, 0.6) is 0 Å². The van der Waals surface area contributed by atoms with Crippen LogP contribution in [0.1, 0.15) is 38.3 Å². The summed E-state index contributed by atoms with van der Waals surface area (Å²) in [7, 11) is -3.47. The molecular formula is C17H23N3O3S. The average Bonchev–Trinajstić information content (AvgIpc) is 3.01. The highest BCUT2D eigenvalue weighted by Gasteiger charge is 2.17. The summed E-state index contributed by atoms with van der Waals surface area (Å²) in [6.07, 6.45) is 2.40. The van der Waals surface area contributed by atoms with Gasteiger partial charge in [0.1, 0.15) is 5.82 Å². The number of anilines is 1. The van der Waals surface area contributed by atoms with E-state index in [1.165, 1.54) is 0 Å². The molecule has 130 valence electrons. The highest BCUT2D eigenvalue weighted by atomic mass is 32.2. The monoisotopic (exact) mass is 349 g/mol. The van der Waals surface area contributed by atoms with Crippen LogP contribution in [0.25, 0.3) is 0 Å². The van der Waals surface area contributed by atoms with Crippen LogP contribution in [0.4, 0.5) is 5.82 Å². The zero-order chi connectivity index (χ0) is 17.7. The summed E-state index contributed by atoms with van der Waals surface area (Å²) in [5, 5.41) is 6.92. The second-order valence-corrected chi connectivity index (χ2v) is 7.96. The van der Waals surface area contributed by atoms with Gasteiger partial charge in [0.05, 0.1) is 22.9 Å². The Kier molecular flexibility index (Phi) is 5.77. The largest absolute Gasteiger partial charge is 0.311 e. The molecule has 1 atom stereocenters. The van der Waals surface area contributed by atoms with Crippen molar-refractivity contribution in [2.45, 2.75) is 44.6 Å². The Morgan fingerprint density at radius 2 is 1.92 bits per heavy atom. The zero-order valence-electron chi connectivity index (χ0n) is 14.2. The summed E-state index contributed by atoms with van der Waals surface area (Å²) in [5.74, 6) is 0.0251. The Bertz CT molecular complexity index is 795. The number of carbonyl (C=O) groups is 1. The molecule has 1 N–H and O–H groups in total. The van der Waals surface area contributed by atoms with E-state index >= 15 is 0 Å². The number of amides is 1. The van der Waals surface area contributed by atoms with Gasteiger partial charge in [-0.15, -0.1) is 0 Å². The minimum atomic E-state index is -3.47. The molecule has 1 unspecified atom stereocenters. The molecule has 0 aliphatic heterocycles. The van der Waals surface area contributed by atoms with Crippen LogP contribution < -0.4 is 5.32 Å². The molecule has 0 bridgehead atoms. The Balaban J connectivity index is 1.98. The first kappa shape index (κ1) is 18.2. The number of benzene rings is 1. The first-order chi connectivity index (χ1) is 11.3. The van der Waals surface area contributed by atoms with Crippen LogP contribution in [0, 0.1) is 6.92 Å². The third kappa shape index (κ3) is 4.44. The lowest BCUT2D eigenvalue weighted by Crippen LogP contribution is -2.20. The van der Waals surface area contributed by atoms with E-state index in [1.54, 1.807) is 41.2 Å². The summed E-state index contributed by atoms with van der Waals surface area (Å²) in [5.41, 5.74) is 0.991. The molecule has 0 saturated carbocycles. The minimum absolute atomic E-state index is 0.0953. The Labute approximate surface area is 142 Å². The molecule has 1 amide bonds. The summed E-state index contributed by atoms with van der Waals surface area (Å²) < 4.78 is 26.3. The van der Waals surface area contributed by atoms with E-state index in [2.05, 4.69) is 10.4 Å². The van der Waals surface area contributed by atoms with Crippen molar-refractivity contribution >= 4 is 21.6 Å². The second-order valence-electron chi connectivity index (χ2n) is 5.85. The third-order valence-corrected chi connectivity index (χ3v) is 5.66. The number of nitrogens with zero attached hydrogens (tertiary/aromatic N) is 2. The molecule has 1 aromatic carbocycles. The topological polar surface area (TPSA) is 81.1 Å². The first-order valence-electron chi connectivity index (χ1n) is 7.96. The molecule has 7 heteroatoms. The minimum Gasteiger partial charge on any atom is -0.311 e. The van der Waals surface area contributed by atoms with E-state index < -0.39 is 9.84 Å². The van der Waals surface area contributed by atoms with Gasteiger partial charge in [0.25, 0.3) is 0 Å². The number of hydrogen-bond donors (Lipinski definition) is 1. The molecule has 2 aromatic rings. The van der Waals surface area contributed by atoms with Crippen molar-refractivity contribution in [3.05, 3.63) is 42.1 Å². The van der Waals surface area contributed by atoms with E-state index in [0.717, 1.165) is 12.0 Å². The molecule has 0 radical (unpaired) electrons. The van der Waals surface area contributed by atoms with Crippen molar-refractivity contribution < 1.29 is 13.2 Å². The van der Waals surface area contributed by atoms with Crippen LogP contribution in [0.2, 0.25) is 0 Å². The molecular weight excluding hydrogens is 326 g/mol. The fraction of sp³-hybridized carbons (Fsp3) is 0.412. The lowest BCUT2D eigenvalue weighted by Gasteiger charge is -2.14. The maximum Gasteiger partial charge on any atom is 0.226 e. The van der Waals surface area contributed by atoms with Crippen LogP contribution in [-0.2, 0) is 14.6 Å². The number of rotatable bonds is 7. The predicted octanol–water partition coefficient (Wildman–Crippen LogP) is 2.97. The van der Waals surface area contributed by atoms with Gasteiger partial charge >= 0.3 is 0 Å². The maximum absolute atomic E-state index is 12.3. The Hall–Kier alpha value is -2.15. The number of nitrogens with one attached hydrogen (secondary N) is 1. The van der Waals surface area contributed by atoms with Gasteiger partial charge in [0, 0.05) is 12.5 Å². The van der Waals surface area contributed by atoms with Gasteiger partial charge in [-0.05, 0) is 32.4 Å². The fourth-order valence-corrected chi connectivity index (χ4v) is 3.47. The smallest absolute Gasteiger partial charge is 0.226 e. The molecule has 0 saturated heterocycles. The molecule has 6 nitrogen and oxygen atoms in total. The summed E-state index contributed by atoms with van der Waals surface area (Å²) >= 11 is 0. The van der Waals surface area contributed by atoms with Crippen LogP contribution in [0.3, 0.4) is 0 Å². The van der Waals surface area contributed by atoms with Crippen molar-refractivity contribution in [1.29, 1.82) is 0 Å². The normalized spacial score (nSPS) is 12.8. The third-order valence-electron chi connectivity index (χ3n) is 3.92. The number of aryl methyl sites for hydroxylation is 1. The number of aromatic nitrogens is 2. The van der Waals surface area contributed by atoms with Gasteiger partial charge in [0.2, 0.25) is 5.91 Å². The van der Waals surface area contributed by atoms with E-state index in [1.807, 2.05) is 20.8 Å². The van der Waals surface area contributed by atoms with Crippen molar-refractivity contribution in [1.82, 2.24) is 9.78 Å². The van der Waals surface area contributed by atoms with Gasteiger partial charge in [-0.25, -0.2) is 13.1 Å². The standard InChI is InChI=1S/C17H23N3O3S/c1-4-14(3)20-16(9-11-18-20)19-17(21)10-12-24(22,23)15-7-5-13(2)6-8-15/h5-9,11,14H,4,10,12H2,1-3H3,(H,19,21). The lowest BCUT2D eigenvalue weighted by atomic mass is 10.2. The van der Waals surface area contributed by atoms with Gasteiger partial charge in [-0.2, -0.15) is 5.10 Å². The molecule has 0 fully saturated rings. The number of carbonyl (C=O) groups excluding carboxylic acids is 1. The second kappa shape index (κ2) is 7.61. The molecule has 24 heavy (non-hydrogen) atoms. The fourth-order valence-electron chi connectivity index (χ4n) is 2.23. The lowest BCUT2D eigenvalue weighted by molar-refractivity contribution is -0.115. The van der Waals surface area contributed by atoms with Crippen molar-refractivity contribution in [3.8, 4) is 0 Å². The van der Waals surface area contributed by atoms with Gasteiger partial charge in [-0.1, -0.05) is 24.6 Å². The van der Waals surface area contributed by atoms with Crippen molar-refractivity contribution in [2.75, 3.05) is 11.1 Å². The van der Waals surface area contributed by atoms with Crippen molar-refractivity contribution in [3.63, 3.8) is 0 Å². The van der Waals surface area contributed by atoms with Crippen LogP contribution >= 0.6 is 0 Å². The Morgan fingerprint density at radius 3 is 2.54 bits per heavy atom. The highest BCUT2D eigenvalue weighted by Crippen LogP contribution is 2.17. The molecule has 1 aromatic heterocycles. The van der Waals surface area contributed by atoms with E-state index in [9.17, 15) is 13.2 Å². The summed E-state index contributed by atoms with van der Waals surface area (Å²) in [4.78, 5) is 12.3. The van der Waals surface area contributed by atoms with E-state index in [0.29, 0.717) is 5.82 Å². The van der Waals surface area contributed by atoms with E-state index in [-0.39, 0.29) is 29.0 Å². The molecule has 0 spiro atoms. The number of hydrogen-bond acceptors (Lipinski definition) is 4. The molecule has 0 aliphatic rings. The Morgan fingerprint density at radius 1 is 1.25 bits per heavy atom. The van der Waals surface area contributed by atoms with Crippen molar-refractivity contribution in [2.24, 2.45) is 0 Å². The SMILES string of the molecule is CCC(C)n1nccc1NC(=O)CCS(=O)(=O)c1ccc(C)cc1. The predicted molar refractivity (Wildman–Crippen MR) is 93.7 cm³/mol. The summed E-state index contributed by atoms with van der Waals surface area (Å²) in [6.45, 7) is 5.93. The van der Waals surface area contributed by atoms with Crippen LogP contribution in [-0.4, -0.2) is 29.9 Å². The maximum atomic E-state index is 12.3. The van der Waals surface area contributed by atoms with E-state index in [4.69, 9.17) is 0 Å². The van der Waals surface area contributed by atoms with Crippen LogP contribution in [0.15, 0.2) is 41.4 Å². The number of sulfone groups is 1. The van der Waals surface area contributed by atoms with Gasteiger partial charge in [-0.3, -0.25) is 4.79 Å². The zero-order valence-corrected chi connectivity index (χ0v) is 15.0. The average molecular weight is 349 g/mol. The quantitative estimate of drug-likeness (QED) is 0.833. The first-order valence-corrected chi connectivity index (χ1v) is 9.61. The highest BCUT2D eigenvalue weighted by molar-refractivity contribution is 7.91. The molecule has 2 rings (SSSR count). The van der Waals surface area contributed by atoms with Gasteiger partial charge < -0.3 is 5.32 Å². The summed E-state index contributed by atoms with van der Waals surface area (Å²) in [6, 6.07) is 8.50. The molecule has 1 heterocycles. The molecule has 0 aliphatic carbocycles.